The molecule has 10 nitrogen and oxygen atoms in total. The van der Waals surface area contributed by atoms with Gasteiger partial charge >= 0.3 is 12.2 Å². The minimum atomic E-state index is -0.504. The fourth-order valence-electron chi connectivity index (χ4n) is 8.25. The molecule has 0 aliphatic rings. The number of hydrogen-bond donors (Lipinski definition) is 4. The van der Waals surface area contributed by atoms with Crippen LogP contribution in [-0.4, -0.2) is 92.6 Å². The Balaban J connectivity index is 0. The summed E-state index contributed by atoms with van der Waals surface area (Å²) in [6, 6.07) is 15.3. The summed E-state index contributed by atoms with van der Waals surface area (Å²) < 4.78 is 21.2. The lowest BCUT2D eigenvalue weighted by atomic mass is 10.0. The number of nitrogens with one attached hydrogen (secondary N) is 4. The van der Waals surface area contributed by atoms with Gasteiger partial charge in [-0.25, -0.2) is 9.59 Å². The molecule has 2 aromatic rings. The summed E-state index contributed by atoms with van der Waals surface area (Å²) in [7, 11) is 6.73. The lowest BCUT2D eigenvalue weighted by Gasteiger charge is -2.14. The van der Waals surface area contributed by atoms with E-state index in [0.717, 1.165) is 24.1 Å². The van der Waals surface area contributed by atoms with E-state index in [0.29, 0.717) is 37.8 Å². The van der Waals surface area contributed by atoms with Gasteiger partial charge in [-0.1, -0.05) is 192 Å². The number of anilines is 2. The second-order valence-corrected chi connectivity index (χ2v) is 19.5. The fraction of sp³-hybridized carbons (Fsp3) is 0.759. The molecule has 4 N–H and O–H groups in total. The molecule has 2 aromatic carbocycles. The van der Waals surface area contributed by atoms with E-state index in [1.807, 2.05) is 55.5 Å². The Kier molecular flexibility index (Phi) is 53.0. The number of carbonyl (C=O) groups is 2. The molecule has 0 aliphatic carbocycles. The molecule has 0 radical (unpaired) electrons. The molecule has 0 fully saturated rings. The van der Waals surface area contributed by atoms with Crippen LogP contribution in [0.25, 0.3) is 0 Å². The summed E-state index contributed by atoms with van der Waals surface area (Å²) in [6.45, 7) is 12.4. The molecule has 0 heterocycles. The summed E-state index contributed by atoms with van der Waals surface area (Å²) in [6.07, 6.45) is 39.6. The van der Waals surface area contributed by atoms with E-state index >= 15 is 0 Å². The molecule has 70 heavy (non-hydrogen) atoms. The summed E-state index contributed by atoms with van der Waals surface area (Å²) in [5.41, 5.74) is 3.53. The van der Waals surface area contributed by atoms with Crippen LogP contribution >= 0.6 is 0 Å². The third kappa shape index (κ3) is 46.8. The Morgan fingerprint density at radius 2 is 0.729 bits per heavy atom. The van der Waals surface area contributed by atoms with Crippen LogP contribution in [0.2, 0.25) is 0 Å². The number of unbranched alkanes of at least 4 members (excludes halogenated alkanes) is 26. The topological polar surface area (TPSA) is 104 Å². The highest BCUT2D eigenvalue weighted by Crippen LogP contribution is 2.18. The van der Waals surface area contributed by atoms with Gasteiger partial charge in [0, 0.05) is 18.0 Å². The molecule has 0 saturated carbocycles. The molecule has 408 valence electrons. The van der Waals surface area contributed by atoms with Gasteiger partial charge < -0.3 is 62.7 Å². The Morgan fingerprint density at radius 3 is 1.07 bits per heavy atom. The summed E-state index contributed by atoms with van der Waals surface area (Å²) in [5.74, 6) is 0. The molecule has 2 amide bonds. The van der Waals surface area contributed by atoms with Crippen molar-refractivity contribution in [2.75, 3.05) is 91.1 Å². The van der Waals surface area contributed by atoms with E-state index in [1.54, 1.807) is 4.90 Å². The van der Waals surface area contributed by atoms with Gasteiger partial charge in [0.05, 0.1) is 54.1 Å². The highest BCUT2D eigenvalue weighted by molar-refractivity contribution is 5.85. The maximum atomic E-state index is 12.2. The maximum absolute atomic E-state index is 12.2. The number of likely N-dealkylation sites (N-methyl/N-ethyl adjacent to an activating group) is 1. The lowest BCUT2D eigenvalue weighted by Crippen LogP contribution is -3.09. The van der Waals surface area contributed by atoms with Gasteiger partial charge in [-0.3, -0.25) is 10.6 Å². The number of ether oxygens (including phenoxy) is 4. The third-order valence-electron chi connectivity index (χ3n) is 12.6. The molecule has 1 atom stereocenters. The van der Waals surface area contributed by atoms with Crippen molar-refractivity contribution in [3.05, 3.63) is 59.7 Å². The molecule has 0 aromatic heterocycles. The van der Waals surface area contributed by atoms with Crippen LogP contribution in [0.5, 0.6) is 0 Å². The highest BCUT2D eigenvalue weighted by atomic mass is 79.9. The zero-order valence-electron chi connectivity index (χ0n) is 45.7. The molecule has 0 spiro atoms. The van der Waals surface area contributed by atoms with Gasteiger partial charge in [0.1, 0.15) is 19.8 Å². The first kappa shape index (κ1) is 69.9. The predicted octanol–water partition coefficient (Wildman–Crippen LogP) is 7.04. The minimum Gasteiger partial charge on any atom is -1.00 e. The summed E-state index contributed by atoms with van der Waals surface area (Å²) in [4.78, 5) is 27.1. The number of halogens is 2. The van der Waals surface area contributed by atoms with Gasteiger partial charge in [-0.15, -0.1) is 0 Å². The summed E-state index contributed by atoms with van der Waals surface area (Å²) >= 11 is 0. The van der Waals surface area contributed by atoms with Gasteiger partial charge in [-0.2, -0.15) is 0 Å². The van der Waals surface area contributed by atoms with Crippen LogP contribution in [-0.2, 0) is 25.4 Å². The molecule has 2 rings (SSSR count). The molecule has 12 heteroatoms. The van der Waals surface area contributed by atoms with E-state index < -0.39 is 12.2 Å². The van der Waals surface area contributed by atoms with Crippen molar-refractivity contribution >= 4 is 23.6 Å². The predicted molar refractivity (Wildman–Crippen MR) is 288 cm³/mol. The first-order chi connectivity index (χ1) is 33.3. The molecular weight excluding hydrogens is 1010 g/mol. The highest BCUT2D eigenvalue weighted by Gasteiger charge is 2.07. The monoisotopic (exact) mass is 1110 g/mol. The first-order valence-electron chi connectivity index (χ1n) is 28.1. The molecule has 1 unspecified atom stereocenters. The van der Waals surface area contributed by atoms with Crippen molar-refractivity contribution in [2.45, 2.75) is 207 Å². The van der Waals surface area contributed by atoms with Gasteiger partial charge in [0.25, 0.3) is 0 Å². The Morgan fingerprint density at radius 1 is 0.400 bits per heavy atom. The van der Waals surface area contributed by atoms with Crippen LogP contribution < -0.4 is 54.4 Å². The van der Waals surface area contributed by atoms with Gasteiger partial charge in [-0.05, 0) is 74.4 Å². The second-order valence-electron chi connectivity index (χ2n) is 19.5. The number of benzene rings is 2. The van der Waals surface area contributed by atoms with Crippen molar-refractivity contribution in [1.29, 1.82) is 0 Å². The van der Waals surface area contributed by atoms with E-state index in [9.17, 15) is 9.59 Å². The van der Waals surface area contributed by atoms with Crippen LogP contribution in [0, 0.1) is 0 Å². The molecule has 0 saturated heterocycles. The second kappa shape index (κ2) is 53.1. The smallest absolute Gasteiger partial charge is 0.411 e. The van der Waals surface area contributed by atoms with Crippen molar-refractivity contribution in [3.63, 3.8) is 0 Å². The minimum absolute atomic E-state index is 0. The Bertz CT molecular complexity index is 1410. The first-order valence-corrected chi connectivity index (χ1v) is 28.1. The molecule has 0 bridgehead atoms. The average Bonchev–Trinajstić information content (AvgIpc) is 3.33. The van der Waals surface area contributed by atoms with Crippen molar-refractivity contribution in [2.24, 2.45) is 0 Å². The van der Waals surface area contributed by atoms with Crippen LogP contribution in [0.15, 0.2) is 48.5 Å². The largest absolute Gasteiger partial charge is 1.00 e. The van der Waals surface area contributed by atoms with Crippen LogP contribution in [0.1, 0.15) is 212 Å². The maximum Gasteiger partial charge on any atom is 0.411 e. The van der Waals surface area contributed by atoms with Gasteiger partial charge in [0.15, 0.2) is 0 Å². The van der Waals surface area contributed by atoms with E-state index in [1.165, 1.54) is 198 Å². The molecular formula is C58H106Br2N4O6. The standard InChI is InChI=1S/C40H65N3O6.C18H39N.2BrH/c1-4-6-7-8-9-10-11-12-13-14-15-16-17-18-27-43(3)28-29-47-31-33-49-40(45)42-38-25-21-36(22-26-38)34-35-19-23-37(24-20-35)41-39(44)48-32-30-46-5-2;1-4-5-6-7-8-9-10-11-12-13-14-15-16-17-18-19(2)3;;/h19-26H,4-18,27-34H2,1-3H3,(H,41,44)(H,42,45);4-18H2,1-3H3;2*1H. The number of quaternary nitrogens is 2. The van der Waals surface area contributed by atoms with E-state index in [4.69, 9.17) is 18.9 Å². The fourth-order valence-corrected chi connectivity index (χ4v) is 8.25. The van der Waals surface area contributed by atoms with E-state index in [2.05, 4.69) is 45.6 Å². The van der Waals surface area contributed by atoms with Gasteiger partial charge in [0.2, 0.25) is 0 Å². The third-order valence-corrected chi connectivity index (χ3v) is 12.6. The number of rotatable bonds is 44. The van der Waals surface area contributed by atoms with Crippen LogP contribution in [0.4, 0.5) is 21.0 Å². The number of hydrogen-bond acceptors (Lipinski definition) is 6. The molecule has 0 aliphatic heterocycles. The number of amides is 2. The normalized spacial score (nSPS) is 11.2. The Labute approximate surface area is 451 Å². The quantitative estimate of drug-likeness (QED) is 0.0532. The average molecular weight is 1120 g/mol. The number of carbonyl (C=O) groups excluding carboxylic acids is 2. The SMILES string of the molecule is CCCCCCCCCCCCCCCC[NH+](C)C.CCCCCCCCCCCCCCCC[NH+](C)CCOCCOC(=O)Nc1ccc(Cc2ccc(NC(=O)OCCOCC)cc2)cc1.[Br-].[Br-]. The van der Waals surface area contributed by atoms with Crippen molar-refractivity contribution < 1.29 is 72.3 Å². The van der Waals surface area contributed by atoms with Crippen molar-refractivity contribution in [1.82, 2.24) is 0 Å². The Hall–Kier alpha value is -2.22. The zero-order chi connectivity index (χ0) is 49.4. The zero-order valence-corrected chi connectivity index (χ0v) is 48.9. The van der Waals surface area contributed by atoms with Crippen molar-refractivity contribution in [3.8, 4) is 0 Å². The summed E-state index contributed by atoms with van der Waals surface area (Å²) in [5, 5.41) is 5.48. The lowest BCUT2D eigenvalue weighted by molar-refractivity contribution is -0.880. The van der Waals surface area contributed by atoms with Crippen LogP contribution in [0.3, 0.4) is 0 Å². The van der Waals surface area contributed by atoms with E-state index in [-0.39, 0.29) is 47.2 Å².